The standard InChI is InChI=1S/C20H16O4/c1-13-16(20(22)23-2)18(21)17(14-9-5-3-6-10-14)19(24-13)15-11-7-4-8-12-15/h3-12H,1-2H3. The number of hydrogen-bond acceptors (Lipinski definition) is 4. The maximum atomic E-state index is 13.0. The summed E-state index contributed by atoms with van der Waals surface area (Å²) < 4.78 is 10.6. The fraction of sp³-hybridized carbons (Fsp3) is 0.100. The molecule has 0 amide bonds. The molecule has 0 aliphatic rings. The Morgan fingerprint density at radius 1 is 0.917 bits per heavy atom. The molecule has 0 spiro atoms. The van der Waals surface area contributed by atoms with Crippen molar-refractivity contribution in [1.29, 1.82) is 0 Å². The summed E-state index contributed by atoms with van der Waals surface area (Å²) in [6, 6.07) is 18.5. The molecule has 0 atom stereocenters. The van der Waals surface area contributed by atoms with Crippen molar-refractivity contribution in [3.8, 4) is 22.5 Å². The number of ether oxygens (including phenoxy) is 1. The first-order valence-electron chi connectivity index (χ1n) is 7.50. The molecule has 1 aromatic heterocycles. The summed E-state index contributed by atoms with van der Waals surface area (Å²) in [5, 5.41) is 0. The Morgan fingerprint density at radius 2 is 1.46 bits per heavy atom. The number of hydrogen-bond donors (Lipinski definition) is 0. The topological polar surface area (TPSA) is 56.5 Å². The lowest BCUT2D eigenvalue weighted by atomic mass is 9.97. The molecule has 120 valence electrons. The molecule has 4 heteroatoms. The van der Waals surface area contributed by atoms with Crippen molar-refractivity contribution in [1.82, 2.24) is 0 Å². The highest BCUT2D eigenvalue weighted by atomic mass is 16.5. The van der Waals surface area contributed by atoms with Crippen molar-refractivity contribution in [3.63, 3.8) is 0 Å². The second-order valence-corrected chi connectivity index (χ2v) is 5.29. The lowest BCUT2D eigenvalue weighted by Crippen LogP contribution is -2.20. The molecule has 24 heavy (non-hydrogen) atoms. The van der Waals surface area contributed by atoms with Crippen LogP contribution in [0.1, 0.15) is 16.1 Å². The fourth-order valence-electron chi connectivity index (χ4n) is 2.64. The van der Waals surface area contributed by atoms with E-state index in [-0.39, 0.29) is 11.3 Å². The van der Waals surface area contributed by atoms with E-state index >= 15 is 0 Å². The van der Waals surface area contributed by atoms with E-state index in [9.17, 15) is 9.59 Å². The number of carbonyl (C=O) groups excluding carboxylic acids is 1. The minimum absolute atomic E-state index is 0.0731. The average molecular weight is 320 g/mol. The third kappa shape index (κ3) is 2.74. The predicted octanol–water partition coefficient (Wildman–Crippen LogP) is 4.07. The van der Waals surface area contributed by atoms with Gasteiger partial charge in [-0.25, -0.2) is 4.79 Å². The van der Waals surface area contributed by atoms with E-state index in [1.165, 1.54) is 7.11 Å². The van der Waals surface area contributed by atoms with Crippen LogP contribution in [0.2, 0.25) is 0 Å². The third-order valence-electron chi connectivity index (χ3n) is 3.78. The molecule has 0 aliphatic carbocycles. The molecule has 0 saturated carbocycles. The molecule has 0 aliphatic heterocycles. The van der Waals surface area contributed by atoms with Crippen LogP contribution in [0.5, 0.6) is 0 Å². The van der Waals surface area contributed by atoms with Gasteiger partial charge in [-0.3, -0.25) is 4.79 Å². The predicted molar refractivity (Wildman–Crippen MR) is 91.9 cm³/mol. The number of methoxy groups -OCH3 is 1. The largest absolute Gasteiger partial charge is 0.465 e. The van der Waals surface area contributed by atoms with Crippen LogP contribution in [0.3, 0.4) is 0 Å². The van der Waals surface area contributed by atoms with Gasteiger partial charge in [-0.1, -0.05) is 60.7 Å². The van der Waals surface area contributed by atoms with E-state index in [1.807, 2.05) is 60.7 Å². The lowest BCUT2D eigenvalue weighted by Gasteiger charge is -2.12. The normalized spacial score (nSPS) is 10.4. The SMILES string of the molecule is COC(=O)c1c(C)oc(-c2ccccc2)c(-c2ccccc2)c1=O. The van der Waals surface area contributed by atoms with E-state index in [0.29, 0.717) is 16.9 Å². The summed E-state index contributed by atoms with van der Waals surface area (Å²) in [4.78, 5) is 25.0. The number of esters is 1. The molecule has 0 N–H and O–H groups in total. The fourth-order valence-corrected chi connectivity index (χ4v) is 2.64. The van der Waals surface area contributed by atoms with E-state index < -0.39 is 11.4 Å². The monoisotopic (exact) mass is 320 g/mol. The molecular weight excluding hydrogens is 304 g/mol. The molecule has 3 aromatic rings. The molecule has 0 fully saturated rings. The van der Waals surface area contributed by atoms with Gasteiger partial charge in [0.15, 0.2) is 0 Å². The Hall–Kier alpha value is -3.14. The summed E-state index contributed by atoms with van der Waals surface area (Å²) >= 11 is 0. The van der Waals surface area contributed by atoms with Crippen molar-refractivity contribution in [2.24, 2.45) is 0 Å². The van der Waals surface area contributed by atoms with E-state index in [1.54, 1.807) is 6.92 Å². The molecule has 0 saturated heterocycles. The van der Waals surface area contributed by atoms with Crippen LogP contribution >= 0.6 is 0 Å². The number of carbonyl (C=O) groups is 1. The van der Waals surface area contributed by atoms with Crippen LogP contribution < -0.4 is 5.43 Å². The summed E-state index contributed by atoms with van der Waals surface area (Å²) in [6.07, 6.45) is 0. The van der Waals surface area contributed by atoms with Gasteiger partial charge >= 0.3 is 5.97 Å². The Kier molecular flexibility index (Phi) is 4.29. The van der Waals surface area contributed by atoms with Crippen molar-refractivity contribution >= 4 is 5.97 Å². The highest BCUT2D eigenvalue weighted by molar-refractivity contribution is 5.93. The van der Waals surface area contributed by atoms with E-state index in [0.717, 1.165) is 5.56 Å². The van der Waals surface area contributed by atoms with Crippen LogP contribution in [0.4, 0.5) is 0 Å². The maximum Gasteiger partial charge on any atom is 0.345 e. The highest BCUT2D eigenvalue weighted by Gasteiger charge is 2.24. The Labute approximate surface area is 139 Å². The summed E-state index contributed by atoms with van der Waals surface area (Å²) in [5.74, 6) is -0.0135. The number of rotatable bonds is 3. The quantitative estimate of drug-likeness (QED) is 0.683. The second-order valence-electron chi connectivity index (χ2n) is 5.29. The molecule has 0 bridgehead atoms. The first-order valence-corrected chi connectivity index (χ1v) is 7.50. The van der Waals surface area contributed by atoms with Gasteiger partial charge in [0.1, 0.15) is 17.1 Å². The Bertz CT molecular complexity index is 925. The Morgan fingerprint density at radius 3 is 2.00 bits per heavy atom. The van der Waals surface area contributed by atoms with Crippen LogP contribution in [-0.2, 0) is 4.74 Å². The molecule has 0 radical (unpaired) electrons. The third-order valence-corrected chi connectivity index (χ3v) is 3.78. The van der Waals surface area contributed by atoms with Gasteiger partial charge in [-0.15, -0.1) is 0 Å². The Balaban J connectivity index is 2.38. The minimum Gasteiger partial charge on any atom is -0.465 e. The summed E-state index contributed by atoms with van der Waals surface area (Å²) in [7, 11) is 1.24. The molecule has 4 nitrogen and oxygen atoms in total. The first-order chi connectivity index (χ1) is 11.6. The van der Waals surface area contributed by atoms with Crippen LogP contribution in [0.25, 0.3) is 22.5 Å². The number of benzene rings is 2. The highest BCUT2D eigenvalue weighted by Crippen LogP contribution is 2.31. The van der Waals surface area contributed by atoms with E-state index in [2.05, 4.69) is 0 Å². The van der Waals surface area contributed by atoms with Crippen molar-refractivity contribution < 1.29 is 13.9 Å². The molecule has 3 rings (SSSR count). The summed E-state index contributed by atoms with van der Waals surface area (Å²) in [5.41, 5.74) is 1.35. The zero-order valence-electron chi connectivity index (χ0n) is 13.4. The second kappa shape index (κ2) is 6.54. The van der Waals surface area contributed by atoms with Gasteiger partial charge < -0.3 is 9.15 Å². The van der Waals surface area contributed by atoms with Crippen LogP contribution in [0, 0.1) is 6.92 Å². The summed E-state index contributed by atoms with van der Waals surface area (Å²) in [6.45, 7) is 1.59. The van der Waals surface area contributed by atoms with Crippen molar-refractivity contribution in [2.75, 3.05) is 7.11 Å². The van der Waals surface area contributed by atoms with Gasteiger partial charge in [-0.05, 0) is 12.5 Å². The van der Waals surface area contributed by atoms with Gasteiger partial charge in [0.2, 0.25) is 5.43 Å². The zero-order chi connectivity index (χ0) is 17.1. The average Bonchev–Trinajstić information content (AvgIpc) is 2.62. The zero-order valence-corrected chi connectivity index (χ0v) is 13.4. The van der Waals surface area contributed by atoms with Crippen LogP contribution in [0.15, 0.2) is 69.9 Å². The molecule has 1 heterocycles. The van der Waals surface area contributed by atoms with Crippen molar-refractivity contribution in [3.05, 3.63) is 82.2 Å². The van der Waals surface area contributed by atoms with Gasteiger partial charge in [0, 0.05) is 5.56 Å². The van der Waals surface area contributed by atoms with Crippen LogP contribution in [-0.4, -0.2) is 13.1 Å². The molecule has 2 aromatic carbocycles. The first kappa shape index (κ1) is 15.7. The smallest absolute Gasteiger partial charge is 0.345 e. The van der Waals surface area contributed by atoms with Gasteiger partial charge in [0.25, 0.3) is 0 Å². The number of aryl methyl sites for hydroxylation is 1. The lowest BCUT2D eigenvalue weighted by molar-refractivity contribution is 0.0595. The molecular formula is C20H16O4. The maximum absolute atomic E-state index is 13.0. The minimum atomic E-state index is -0.696. The van der Waals surface area contributed by atoms with Gasteiger partial charge in [-0.2, -0.15) is 0 Å². The van der Waals surface area contributed by atoms with Crippen molar-refractivity contribution in [2.45, 2.75) is 6.92 Å². The van der Waals surface area contributed by atoms with E-state index in [4.69, 9.17) is 9.15 Å². The molecule has 0 unspecified atom stereocenters. The van der Waals surface area contributed by atoms with Gasteiger partial charge in [0.05, 0.1) is 12.7 Å².